The number of nitrogens with one attached hydrogen (secondary N) is 1. The van der Waals surface area contributed by atoms with Crippen molar-refractivity contribution in [1.82, 2.24) is 4.98 Å². The van der Waals surface area contributed by atoms with Crippen LogP contribution in [0, 0.1) is 12.3 Å². The smallest absolute Gasteiger partial charge is 0.230 e. The number of carbonyl (C=O) groups excluding carboxylic acids is 1. The predicted molar refractivity (Wildman–Crippen MR) is 80.4 cm³/mol. The lowest BCUT2D eigenvalue weighted by molar-refractivity contribution is -0.120. The molecule has 102 valence electrons. The first-order valence-corrected chi connectivity index (χ1v) is 6.91. The summed E-state index contributed by atoms with van der Waals surface area (Å²) in [5.41, 5.74) is 4.05. The molecular formula is C17H18N2O. The Bertz CT molecular complexity index is 645. The van der Waals surface area contributed by atoms with Gasteiger partial charge in [0.2, 0.25) is 5.91 Å². The van der Waals surface area contributed by atoms with Gasteiger partial charge in [0, 0.05) is 29.1 Å². The molecule has 0 atom stereocenters. The van der Waals surface area contributed by atoms with Gasteiger partial charge in [-0.05, 0) is 49.1 Å². The van der Waals surface area contributed by atoms with Gasteiger partial charge in [-0.25, -0.2) is 0 Å². The molecule has 20 heavy (non-hydrogen) atoms. The first-order chi connectivity index (χ1) is 9.58. The second-order valence-corrected chi connectivity index (χ2v) is 5.79. The van der Waals surface area contributed by atoms with Gasteiger partial charge in [-0.3, -0.25) is 9.78 Å². The molecule has 0 saturated heterocycles. The van der Waals surface area contributed by atoms with Crippen molar-refractivity contribution in [2.24, 2.45) is 5.41 Å². The van der Waals surface area contributed by atoms with Gasteiger partial charge in [0.25, 0.3) is 0 Å². The van der Waals surface area contributed by atoms with Crippen molar-refractivity contribution in [3.63, 3.8) is 0 Å². The summed E-state index contributed by atoms with van der Waals surface area (Å²) in [7, 11) is 0. The van der Waals surface area contributed by atoms with Gasteiger partial charge < -0.3 is 5.32 Å². The molecule has 3 rings (SSSR count). The average Bonchev–Trinajstić information content (AvgIpc) is 3.21. The molecule has 0 radical (unpaired) electrons. The Morgan fingerprint density at radius 3 is 2.75 bits per heavy atom. The van der Waals surface area contributed by atoms with Crippen LogP contribution in [-0.4, -0.2) is 10.9 Å². The maximum absolute atomic E-state index is 12.1. The van der Waals surface area contributed by atoms with Gasteiger partial charge in [0.15, 0.2) is 0 Å². The van der Waals surface area contributed by atoms with Crippen molar-refractivity contribution in [3.8, 4) is 11.1 Å². The quantitative estimate of drug-likeness (QED) is 0.918. The molecule has 1 aliphatic rings. The van der Waals surface area contributed by atoms with Crippen LogP contribution >= 0.6 is 0 Å². The number of aryl methyl sites for hydroxylation is 1. The fraction of sp³-hybridized carbons (Fsp3) is 0.294. The topological polar surface area (TPSA) is 42.0 Å². The van der Waals surface area contributed by atoms with Crippen molar-refractivity contribution in [1.29, 1.82) is 0 Å². The molecule has 1 N–H and O–H groups in total. The Kier molecular flexibility index (Phi) is 3.05. The van der Waals surface area contributed by atoms with E-state index in [0.717, 1.165) is 29.7 Å². The molecule has 1 amide bonds. The minimum absolute atomic E-state index is 0.124. The summed E-state index contributed by atoms with van der Waals surface area (Å²) in [4.78, 5) is 16.3. The molecule has 0 aliphatic heterocycles. The first-order valence-electron chi connectivity index (χ1n) is 6.91. The Hall–Kier alpha value is -2.16. The van der Waals surface area contributed by atoms with Crippen LogP contribution in [0.25, 0.3) is 11.1 Å². The van der Waals surface area contributed by atoms with E-state index < -0.39 is 0 Å². The number of amides is 1. The highest BCUT2D eigenvalue weighted by molar-refractivity contribution is 5.97. The Morgan fingerprint density at radius 1 is 1.30 bits per heavy atom. The van der Waals surface area contributed by atoms with Crippen molar-refractivity contribution in [2.45, 2.75) is 26.7 Å². The molecule has 1 heterocycles. The zero-order chi connectivity index (χ0) is 14.2. The van der Waals surface area contributed by atoms with Crippen LogP contribution < -0.4 is 5.32 Å². The fourth-order valence-electron chi connectivity index (χ4n) is 2.23. The third-order valence-corrected chi connectivity index (χ3v) is 4.02. The van der Waals surface area contributed by atoms with Gasteiger partial charge in [-0.1, -0.05) is 19.1 Å². The van der Waals surface area contributed by atoms with Crippen molar-refractivity contribution in [2.75, 3.05) is 5.32 Å². The molecule has 0 spiro atoms. The number of hydrogen-bond donors (Lipinski definition) is 1. The summed E-state index contributed by atoms with van der Waals surface area (Å²) in [5.74, 6) is 0.124. The number of anilines is 1. The maximum Gasteiger partial charge on any atom is 0.230 e. The highest BCUT2D eigenvalue weighted by Gasteiger charge is 2.44. The number of pyridine rings is 1. The molecule has 1 aliphatic carbocycles. The van der Waals surface area contributed by atoms with Gasteiger partial charge in [-0.2, -0.15) is 0 Å². The highest BCUT2D eigenvalue weighted by Crippen LogP contribution is 2.45. The van der Waals surface area contributed by atoms with E-state index in [0.29, 0.717) is 0 Å². The van der Waals surface area contributed by atoms with Crippen LogP contribution in [0.15, 0.2) is 42.7 Å². The van der Waals surface area contributed by atoms with Gasteiger partial charge in [-0.15, -0.1) is 0 Å². The average molecular weight is 266 g/mol. The van der Waals surface area contributed by atoms with Crippen molar-refractivity contribution in [3.05, 3.63) is 48.3 Å². The molecule has 1 aromatic carbocycles. The van der Waals surface area contributed by atoms with Crippen LogP contribution in [0.2, 0.25) is 0 Å². The van der Waals surface area contributed by atoms with Crippen molar-refractivity contribution >= 4 is 11.6 Å². The second kappa shape index (κ2) is 4.75. The summed E-state index contributed by atoms with van der Waals surface area (Å²) < 4.78 is 0. The molecule has 0 bridgehead atoms. The van der Waals surface area contributed by atoms with E-state index in [1.807, 2.05) is 43.5 Å². The fourth-order valence-corrected chi connectivity index (χ4v) is 2.23. The van der Waals surface area contributed by atoms with Crippen LogP contribution in [0.5, 0.6) is 0 Å². The van der Waals surface area contributed by atoms with Crippen LogP contribution in [0.3, 0.4) is 0 Å². The molecule has 1 aromatic heterocycles. The Morgan fingerprint density at radius 2 is 2.10 bits per heavy atom. The zero-order valence-corrected chi connectivity index (χ0v) is 11.8. The number of aromatic nitrogens is 1. The number of rotatable bonds is 3. The largest absolute Gasteiger partial charge is 0.326 e. The van der Waals surface area contributed by atoms with Crippen LogP contribution in [0.1, 0.15) is 25.3 Å². The SMILES string of the molecule is Cc1ccc(NC(=O)C2(C)CC2)cc1-c1cccnc1. The Labute approximate surface area is 119 Å². The molecule has 2 aromatic rings. The van der Waals surface area contributed by atoms with E-state index >= 15 is 0 Å². The lowest BCUT2D eigenvalue weighted by Crippen LogP contribution is -2.21. The van der Waals surface area contributed by atoms with Crippen molar-refractivity contribution < 1.29 is 4.79 Å². The third-order valence-electron chi connectivity index (χ3n) is 4.02. The number of benzene rings is 1. The Balaban J connectivity index is 1.89. The van der Waals surface area contributed by atoms with Gasteiger partial charge in [0.1, 0.15) is 0 Å². The molecule has 3 nitrogen and oxygen atoms in total. The summed E-state index contributed by atoms with van der Waals surface area (Å²) in [6.45, 7) is 4.08. The number of nitrogens with zero attached hydrogens (tertiary/aromatic N) is 1. The van der Waals surface area contributed by atoms with Crippen LogP contribution in [0.4, 0.5) is 5.69 Å². The van der Waals surface area contributed by atoms with E-state index in [-0.39, 0.29) is 11.3 Å². The lowest BCUT2D eigenvalue weighted by Gasteiger charge is -2.12. The summed E-state index contributed by atoms with van der Waals surface area (Å²) in [5, 5.41) is 3.02. The zero-order valence-electron chi connectivity index (χ0n) is 11.8. The number of hydrogen-bond acceptors (Lipinski definition) is 2. The minimum Gasteiger partial charge on any atom is -0.326 e. The third kappa shape index (κ3) is 2.44. The van der Waals surface area contributed by atoms with E-state index in [1.54, 1.807) is 6.20 Å². The molecule has 1 fully saturated rings. The molecule has 1 saturated carbocycles. The molecular weight excluding hydrogens is 248 g/mol. The lowest BCUT2D eigenvalue weighted by atomic mass is 10.0. The van der Waals surface area contributed by atoms with E-state index in [4.69, 9.17) is 0 Å². The van der Waals surface area contributed by atoms with Gasteiger partial charge >= 0.3 is 0 Å². The monoisotopic (exact) mass is 266 g/mol. The summed E-state index contributed by atoms with van der Waals surface area (Å²) in [6, 6.07) is 9.97. The summed E-state index contributed by atoms with van der Waals surface area (Å²) >= 11 is 0. The maximum atomic E-state index is 12.1. The second-order valence-electron chi connectivity index (χ2n) is 5.79. The van der Waals surface area contributed by atoms with E-state index in [2.05, 4.69) is 17.2 Å². The molecule has 3 heteroatoms. The van der Waals surface area contributed by atoms with Crippen LogP contribution in [-0.2, 0) is 4.79 Å². The van der Waals surface area contributed by atoms with E-state index in [1.165, 1.54) is 5.56 Å². The first kappa shape index (κ1) is 12.9. The predicted octanol–water partition coefficient (Wildman–Crippen LogP) is 3.80. The molecule has 0 unspecified atom stereocenters. The summed E-state index contributed by atoms with van der Waals surface area (Å²) in [6.07, 6.45) is 5.58. The minimum atomic E-state index is -0.153. The van der Waals surface area contributed by atoms with Gasteiger partial charge in [0.05, 0.1) is 0 Å². The number of carbonyl (C=O) groups is 1. The normalized spacial score (nSPS) is 15.7. The van der Waals surface area contributed by atoms with E-state index in [9.17, 15) is 4.79 Å². The standard InChI is InChI=1S/C17H18N2O/c1-12-5-6-14(19-16(20)17(2)7-8-17)10-15(12)13-4-3-9-18-11-13/h3-6,9-11H,7-8H2,1-2H3,(H,19,20). The highest BCUT2D eigenvalue weighted by atomic mass is 16.2.